The van der Waals surface area contributed by atoms with Gasteiger partial charge in [0.1, 0.15) is 11.6 Å². The number of hydrogen-bond acceptors (Lipinski definition) is 5. The molecule has 2 rings (SSSR count). The third kappa shape index (κ3) is 4.38. The fraction of sp³-hybridized carbons (Fsp3) is 0.615. The summed E-state index contributed by atoms with van der Waals surface area (Å²) in [6.07, 6.45) is 2.65. The van der Waals surface area contributed by atoms with Gasteiger partial charge in [-0.2, -0.15) is 0 Å². The lowest BCUT2D eigenvalue weighted by Gasteiger charge is -2.23. The summed E-state index contributed by atoms with van der Waals surface area (Å²) in [5.41, 5.74) is 0. The molecule has 1 aliphatic rings. The van der Waals surface area contributed by atoms with Crippen LogP contribution in [0, 0.1) is 0 Å². The van der Waals surface area contributed by atoms with Crippen molar-refractivity contribution in [3.8, 4) is 0 Å². The molecule has 6 heteroatoms. The van der Waals surface area contributed by atoms with Crippen molar-refractivity contribution in [3.63, 3.8) is 0 Å². The maximum Gasteiger partial charge on any atom is 0.152 e. The maximum absolute atomic E-state index is 11.6. The lowest BCUT2D eigenvalue weighted by molar-refractivity contribution is 0.561. The van der Waals surface area contributed by atoms with E-state index in [1.807, 2.05) is 18.2 Å². The minimum Gasteiger partial charge on any atom is -0.370 e. The normalized spacial score (nSPS) is 21.8. The zero-order chi connectivity index (χ0) is 13.7. The van der Waals surface area contributed by atoms with Crippen LogP contribution >= 0.6 is 0 Å². The Morgan fingerprint density at radius 3 is 2.89 bits per heavy atom. The van der Waals surface area contributed by atoms with Crippen molar-refractivity contribution in [1.82, 2.24) is 4.98 Å². The maximum atomic E-state index is 11.6. The number of sulfone groups is 1. The van der Waals surface area contributed by atoms with Crippen molar-refractivity contribution in [2.45, 2.75) is 32.2 Å². The van der Waals surface area contributed by atoms with E-state index < -0.39 is 9.84 Å². The second-order valence-corrected chi connectivity index (χ2v) is 7.16. The fourth-order valence-corrected chi connectivity index (χ4v) is 3.85. The van der Waals surface area contributed by atoms with E-state index in [9.17, 15) is 8.42 Å². The van der Waals surface area contributed by atoms with Gasteiger partial charge in [-0.1, -0.05) is 13.0 Å². The number of nitrogens with one attached hydrogen (secondary N) is 2. The monoisotopic (exact) mass is 283 g/mol. The van der Waals surface area contributed by atoms with Crippen molar-refractivity contribution in [2.24, 2.45) is 0 Å². The third-order valence-corrected chi connectivity index (χ3v) is 4.94. The molecule has 5 nitrogen and oxygen atoms in total. The summed E-state index contributed by atoms with van der Waals surface area (Å²) in [7, 11) is -2.88. The van der Waals surface area contributed by atoms with Gasteiger partial charge in [0.15, 0.2) is 9.84 Å². The molecular weight excluding hydrogens is 262 g/mol. The van der Waals surface area contributed by atoms with Gasteiger partial charge >= 0.3 is 0 Å². The van der Waals surface area contributed by atoms with Crippen LogP contribution in [0.3, 0.4) is 0 Å². The summed E-state index contributed by atoms with van der Waals surface area (Å²) >= 11 is 0. The molecule has 0 radical (unpaired) electrons. The minimum absolute atomic E-state index is 0.0207. The van der Waals surface area contributed by atoms with Crippen LogP contribution in [0.15, 0.2) is 18.2 Å². The highest BCUT2D eigenvalue weighted by molar-refractivity contribution is 7.91. The fourth-order valence-electron chi connectivity index (χ4n) is 2.21. The number of nitrogens with zero attached hydrogens (tertiary/aromatic N) is 1. The summed E-state index contributed by atoms with van der Waals surface area (Å²) in [5, 5.41) is 6.44. The van der Waals surface area contributed by atoms with Gasteiger partial charge in [-0.05, 0) is 31.4 Å². The van der Waals surface area contributed by atoms with Crippen LogP contribution in [0.4, 0.5) is 11.6 Å². The lowest BCUT2D eigenvalue weighted by Crippen LogP contribution is -2.35. The highest BCUT2D eigenvalue weighted by atomic mass is 32.2. The molecular formula is C13H21N3O2S. The standard InChI is InChI=1S/C13H21N3O2S/c1-2-8-14-12-6-3-7-13(16-12)15-11-5-4-9-19(17,18)10-11/h3,6-7,11H,2,4-5,8-10H2,1H3,(H2,14,15,16). The molecule has 1 aromatic rings. The Morgan fingerprint density at radius 1 is 1.37 bits per heavy atom. The van der Waals surface area contributed by atoms with Crippen molar-refractivity contribution in [3.05, 3.63) is 18.2 Å². The predicted molar refractivity (Wildman–Crippen MR) is 78.3 cm³/mol. The summed E-state index contributed by atoms with van der Waals surface area (Å²) < 4.78 is 23.2. The molecule has 1 fully saturated rings. The minimum atomic E-state index is -2.88. The molecule has 0 aliphatic carbocycles. The van der Waals surface area contributed by atoms with Crippen LogP contribution in [-0.2, 0) is 9.84 Å². The molecule has 1 aliphatic heterocycles. The van der Waals surface area contributed by atoms with Gasteiger partial charge in [0.25, 0.3) is 0 Å². The number of aromatic nitrogens is 1. The Bertz CT molecular complexity index is 516. The van der Waals surface area contributed by atoms with Crippen LogP contribution in [0.2, 0.25) is 0 Å². The lowest BCUT2D eigenvalue weighted by atomic mass is 10.2. The molecule has 106 valence electrons. The topological polar surface area (TPSA) is 71.1 Å². The van der Waals surface area contributed by atoms with Crippen LogP contribution in [0.1, 0.15) is 26.2 Å². The van der Waals surface area contributed by atoms with E-state index in [0.29, 0.717) is 5.75 Å². The first-order chi connectivity index (χ1) is 9.09. The number of rotatable bonds is 5. The van der Waals surface area contributed by atoms with Gasteiger partial charge in [-0.15, -0.1) is 0 Å². The first-order valence-corrected chi connectivity index (χ1v) is 8.59. The molecule has 1 atom stereocenters. The molecule has 2 heterocycles. The van der Waals surface area contributed by atoms with E-state index in [2.05, 4.69) is 22.5 Å². The van der Waals surface area contributed by atoms with Crippen molar-refractivity contribution in [1.29, 1.82) is 0 Å². The van der Waals surface area contributed by atoms with E-state index in [4.69, 9.17) is 0 Å². The Balaban J connectivity index is 1.98. The van der Waals surface area contributed by atoms with Crippen molar-refractivity contribution >= 4 is 21.5 Å². The average molecular weight is 283 g/mol. The SMILES string of the molecule is CCCNc1cccc(NC2CCCS(=O)(=O)C2)n1. The summed E-state index contributed by atoms with van der Waals surface area (Å²) in [4.78, 5) is 4.44. The van der Waals surface area contributed by atoms with E-state index in [-0.39, 0.29) is 11.8 Å². The first kappa shape index (κ1) is 14.1. The van der Waals surface area contributed by atoms with Gasteiger partial charge in [-0.3, -0.25) is 0 Å². The van der Waals surface area contributed by atoms with E-state index in [1.165, 1.54) is 0 Å². The molecule has 1 unspecified atom stereocenters. The number of anilines is 2. The third-order valence-electron chi connectivity index (χ3n) is 3.12. The number of pyridine rings is 1. The predicted octanol–water partition coefficient (Wildman–Crippen LogP) is 1.89. The van der Waals surface area contributed by atoms with Crippen LogP contribution in [0.25, 0.3) is 0 Å². The summed E-state index contributed by atoms with van der Waals surface area (Å²) in [6, 6.07) is 5.69. The molecule has 1 saturated heterocycles. The van der Waals surface area contributed by atoms with E-state index in [1.54, 1.807) is 0 Å². The van der Waals surface area contributed by atoms with E-state index >= 15 is 0 Å². The van der Waals surface area contributed by atoms with Gasteiger partial charge in [0.2, 0.25) is 0 Å². The highest BCUT2D eigenvalue weighted by Crippen LogP contribution is 2.17. The average Bonchev–Trinajstić information content (AvgIpc) is 2.35. The Labute approximate surface area is 114 Å². The molecule has 0 amide bonds. The van der Waals surface area contributed by atoms with Crippen LogP contribution in [-0.4, -0.2) is 37.5 Å². The van der Waals surface area contributed by atoms with Gasteiger partial charge < -0.3 is 10.6 Å². The Kier molecular flexibility index (Phi) is 4.63. The molecule has 1 aromatic heterocycles. The second kappa shape index (κ2) is 6.23. The molecule has 0 bridgehead atoms. The zero-order valence-corrected chi connectivity index (χ0v) is 12.0. The quantitative estimate of drug-likeness (QED) is 0.863. The Morgan fingerprint density at radius 2 is 2.16 bits per heavy atom. The van der Waals surface area contributed by atoms with Crippen molar-refractivity contribution < 1.29 is 8.42 Å². The van der Waals surface area contributed by atoms with Crippen molar-refractivity contribution in [2.75, 3.05) is 28.7 Å². The number of hydrogen-bond donors (Lipinski definition) is 2. The van der Waals surface area contributed by atoms with E-state index in [0.717, 1.165) is 37.4 Å². The van der Waals surface area contributed by atoms with Gasteiger partial charge in [0.05, 0.1) is 11.5 Å². The smallest absolute Gasteiger partial charge is 0.152 e. The second-order valence-electron chi connectivity index (χ2n) is 4.93. The molecule has 0 aromatic carbocycles. The molecule has 2 N–H and O–H groups in total. The molecule has 0 saturated carbocycles. The zero-order valence-electron chi connectivity index (χ0n) is 11.2. The van der Waals surface area contributed by atoms with Crippen LogP contribution in [0.5, 0.6) is 0 Å². The molecule has 19 heavy (non-hydrogen) atoms. The largest absolute Gasteiger partial charge is 0.370 e. The van der Waals surface area contributed by atoms with Crippen LogP contribution < -0.4 is 10.6 Å². The highest BCUT2D eigenvalue weighted by Gasteiger charge is 2.24. The first-order valence-electron chi connectivity index (χ1n) is 6.77. The van der Waals surface area contributed by atoms with Gasteiger partial charge in [-0.25, -0.2) is 13.4 Å². The Hall–Kier alpha value is -1.30. The summed E-state index contributed by atoms with van der Waals surface area (Å²) in [6.45, 7) is 2.98. The summed E-state index contributed by atoms with van der Waals surface area (Å²) in [5.74, 6) is 2.09. The molecule has 0 spiro atoms. The van der Waals surface area contributed by atoms with Gasteiger partial charge in [0, 0.05) is 12.6 Å².